The first-order valence-electron chi connectivity index (χ1n) is 10.0. The number of hydrogen-bond donors (Lipinski definition) is 1. The molecule has 0 unspecified atom stereocenters. The van der Waals surface area contributed by atoms with E-state index in [4.69, 9.17) is 13.9 Å². The van der Waals surface area contributed by atoms with Crippen LogP contribution in [0.2, 0.25) is 0 Å². The van der Waals surface area contributed by atoms with Crippen LogP contribution in [0.15, 0.2) is 44.8 Å². The van der Waals surface area contributed by atoms with Gasteiger partial charge in [0, 0.05) is 25.7 Å². The Morgan fingerprint density at radius 3 is 2.90 bits per heavy atom. The highest BCUT2D eigenvalue weighted by Gasteiger charge is 2.21. The lowest BCUT2D eigenvalue weighted by atomic mass is 10.3. The van der Waals surface area contributed by atoms with Crippen LogP contribution >= 0.6 is 11.8 Å². The Labute approximate surface area is 182 Å². The van der Waals surface area contributed by atoms with Gasteiger partial charge in [0.05, 0.1) is 24.4 Å². The maximum atomic E-state index is 12.4. The summed E-state index contributed by atoms with van der Waals surface area (Å²) in [6, 6.07) is 5.04. The molecule has 5 heterocycles. The molecule has 11 heteroatoms. The van der Waals surface area contributed by atoms with Gasteiger partial charge in [0.15, 0.2) is 22.3 Å². The Bertz CT molecular complexity index is 1200. The van der Waals surface area contributed by atoms with Gasteiger partial charge in [-0.05, 0) is 31.2 Å². The van der Waals surface area contributed by atoms with E-state index in [1.165, 1.54) is 30.9 Å². The Hall–Kier alpha value is -3.34. The van der Waals surface area contributed by atoms with Crippen molar-refractivity contribution >= 4 is 34.5 Å². The maximum Gasteiger partial charge on any atom is 0.273 e. The summed E-state index contributed by atoms with van der Waals surface area (Å²) in [5, 5.41) is 12.8. The molecule has 0 aromatic carbocycles. The highest BCUT2D eigenvalue weighted by molar-refractivity contribution is 7.98. The van der Waals surface area contributed by atoms with E-state index in [2.05, 4.69) is 25.5 Å². The summed E-state index contributed by atoms with van der Waals surface area (Å²) in [6.07, 6.45) is 7.65. The Kier molecular flexibility index (Phi) is 5.33. The number of hydrogen-bond acceptors (Lipinski definition) is 9. The SMILES string of the molecule is CSc1nc(N2CCCC2)c2cnn(CCNC(=O)c3cc(-c4ccco4)on3)c2n1. The molecule has 0 saturated carbocycles. The van der Waals surface area contributed by atoms with Crippen molar-refractivity contribution in [2.24, 2.45) is 0 Å². The van der Waals surface area contributed by atoms with Gasteiger partial charge in [-0.2, -0.15) is 5.10 Å². The summed E-state index contributed by atoms with van der Waals surface area (Å²) in [5.41, 5.74) is 0.970. The second kappa shape index (κ2) is 8.42. The number of nitrogens with one attached hydrogen (secondary N) is 1. The number of furan rings is 1. The lowest BCUT2D eigenvalue weighted by Gasteiger charge is -2.17. The lowest BCUT2D eigenvalue weighted by molar-refractivity contribution is 0.0943. The summed E-state index contributed by atoms with van der Waals surface area (Å²) >= 11 is 1.51. The van der Waals surface area contributed by atoms with Gasteiger partial charge in [-0.3, -0.25) is 4.79 Å². The van der Waals surface area contributed by atoms with Crippen LogP contribution in [0, 0.1) is 0 Å². The molecule has 0 radical (unpaired) electrons. The summed E-state index contributed by atoms with van der Waals surface area (Å²) in [6.45, 7) is 2.84. The van der Waals surface area contributed by atoms with Crippen molar-refractivity contribution in [1.29, 1.82) is 0 Å². The number of amides is 1. The highest BCUT2D eigenvalue weighted by Crippen LogP contribution is 2.28. The van der Waals surface area contributed by atoms with Gasteiger partial charge in [0.2, 0.25) is 5.76 Å². The lowest BCUT2D eigenvalue weighted by Crippen LogP contribution is -2.27. The molecule has 1 N–H and O–H groups in total. The number of aromatic nitrogens is 5. The number of carbonyl (C=O) groups is 1. The minimum absolute atomic E-state index is 0.194. The normalized spacial score (nSPS) is 13.9. The van der Waals surface area contributed by atoms with Gasteiger partial charge in [-0.1, -0.05) is 16.9 Å². The van der Waals surface area contributed by atoms with Gasteiger partial charge in [-0.25, -0.2) is 14.6 Å². The second-order valence-corrected chi connectivity index (χ2v) is 7.92. The monoisotopic (exact) mass is 439 g/mol. The quantitative estimate of drug-likeness (QED) is 0.343. The van der Waals surface area contributed by atoms with E-state index in [1.807, 2.05) is 12.5 Å². The van der Waals surface area contributed by atoms with Gasteiger partial charge in [-0.15, -0.1) is 0 Å². The molecular weight excluding hydrogens is 418 g/mol. The fraction of sp³-hybridized carbons (Fsp3) is 0.350. The van der Waals surface area contributed by atoms with Crippen LogP contribution in [-0.4, -0.2) is 56.7 Å². The standard InChI is InChI=1S/C20H21N7O3S/c1-31-20-23-17(26-7-2-3-8-26)13-12-22-27(18(13)24-20)9-6-21-19(28)14-11-16(30-25-14)15-5-4-10-29-15/h4-5,10-12H,2-3,6-9H2,1H3,(H,21,28). The van der Waals surface area contributed by atoms with Crippen LogP contribution in [0.3, 0.4) is 0 Å². The first-order valence-corrected chi connectivity index (χ1v) is 11.3. The molecule has 4 aromatic heterocycles. The van der Waals surface area contributed by atoms with E-state index >= 15 is 0 Å². The van der Waals surface area contributed by atoms with Gasteiger partial charge < -0.3 is 19.2 Å². The van der Waals surface area contributed by atoms with Crippen molar-refractivity contribution in [2.75, 3.05) is 30.8 Å². The predicted octanol–water partition coefficient (Wildman–Crippen LogP) is 2.83. The molecule has 0 bridgehead atoms. The molecule has 0 spiro atoms. The van der Waals surface area contributed by atoms with Crippen LogP contribution in [0.1, 0.15) is 23.3 Å². The Morgan fingerprint density at radius 1 is 1.26 bits per heavy atom. The van der Waals surface area contributed by atoms with Crippen molar-refractivity contribution in [3.63, 3.8) is 0 Å². The van der Waals surface area contributed by atoms with Crippen LogP contribution in [0.5, 0.6) is 0 Å². The van der Waals surface area contributed by atoms with Gasteiger partial charge >= 0.3 is 0 Å². The topological polar surface area (TPSA) is 115 Å². The average molecular weight is 440 g/mol. The molecule has 0 aliphatic carbocycles. The Balaban J connectivity index is 1.29. The van der Waals surface area contributed by atoms with Crippen molar-refractivity contribution in [2.45, 2.75) is 24.5 Å². The fourth-order valence-electron chi connectivity index (χ4n) is 3.63. The minimum atomic E-state index is -0.324. The third-order valence-electron chi connectivity index (χ3n) is 5.16. The largest absolute Gasteiger partial charge is 0.461 e. The molecular formula is C20H21N7O3S. The van der Waals surface area contributed by atoms with Crippen molar-refractivity contribution in [3.8, 4) is 11.5 Å². The van der Waals surface area contributed by atoms with E-state index in [-0.39, 0.29) is 11.6 Å². The van der Waals surface area contributed by atoms with Gasteiger partial charge in [0.25, 0.3) is 5.91 Å². The molecule has 10 nitrogen and oxygen atoms in total. The fourth-order valence-corrected chi connectivity index (χ4v) is 3.98. The molecule has 0 atom stereocenters. The van der Waals surface area contributed by atoms with Crippen molar-refractivity contribution in [1.82, 2.24) is 30.2 Å². The van der Waals surface area contributed by atoms with E-state index < -0.39 is 0 Å². The molecule has 1 aliphatic heterocycles. The third-order valence-corrected chi connectivity index (χ3v) is 5.71. The molecule has 1 amide bonds. The molecule has 5 rings (SSSR count). The zero-order chi connectivity index (χ0) is 21.2. The van der Waals surface area contributed by atoms with E-state index in [9.17, 15) is 4.79 Å². The van der Waals surface area contributed by atoms with Crippen LogP contribution < -0.4 is 10.2 Å². The van der Waals surface area contributed by atoms with Crippen LogP contribution in [-0.2, 0) is 6.54 Å². The molecule has 4 aromatic rings. The summed E-state index contributed by atoms with van der Waals surface area (Å²) in [5.74, 6) is 1.54. The zero-order valence-electron chi connectivity index (χ0n) is 16.9. The number of rotatable bonds is 7. The van der Waals surface area contributed by atoms with Crippen LogP contribution in [0.4, 0.5) is 5.82 Å². The van der Waals surface area contributed by atoms with E-state index in [1.54, 1.807) is 22.9 Å². The van der Waals surface area contributed by atoms with Crippen LogP contribution in [0.25, 0.3) is 22.6 Å². The number of anilines is 1. The highest BCUT2D eigenvalue weighted by atomic mass is 32.2. The maximum absolute atomic E-state index is 12.4. The summed E-state index contributed by atoms with van der Waals surface area (Å²) in [4.78, 5) is 24.1. The average Bonchev–Trinajstić information content (AvgIpc) is 3.59. The number of fused-ring (bicyclic) bond motifs is 1. The van der Waals surface area contributed by atoms with Gasteiger partial charge in [0.1, 0.15) is 5.82 Å². The van der Waals surface area contributed by atoms with Crippen molar-refractivity contribution in [3.05, 3.63) is 36.4 Å². The molecule has 160 valence electrons. The Morgan fingerprint density at radius 2 is 2.13 bits per heavy atom. The first-order chi connectivity index (χ1) is 15.2. The summed E-state index contributed by atoms with van der Waals surface area (Å²) < 4.78 is 12.2. The smallest absolute Gasteiger partial charge is 0.273 e. The molecule has 1 aliphatic rings. The summed E-state index contributed by atoms with van der Waals surface area (Å²) in [7, 11) is 0. The molecule has 31 heavy (non-hydrogen) atoms. The number of carbonyl (C=O) groups excluding carboxylic acids is 1. The minimum Gasteiger partial charge on any atom is -0.461 e. The number of thioether (sulfide) groups is 1. The predicted molar refractivity (Wildman–Crippen MR) is 115 cm³/mol. The van der Waals surface area contributed by atoms with Crippen molar-refractivity contribution < 1.29 is 13.7 Å². The van der Waals surface area contributed by atoms with E-state index in [0.29, 0.717) is 29.8 Å². The van der Waals surface area contributed by atoms with E-state index in [0.717, 1.165) is 29.9 Å². The molecule has 1 saturated heterocycles. The second-order valence-electron chi connectivity index (χ2n) is 7.14. The number of nitrogens with zero attached hydrogens (tertiary/aromatic N) is 6. The third kappa shape index (κ3) is 3.88. The molecule has 1 fully saturated rings. The first kappa shape index (κ1) is 19.6. The zero-order valence-corrected chi connectivity index (χ0v) is 17.8.